The molecule has 12 heteroatoms. The van der Waals surface area contributed by atoms with Crippen molar-refractivity contribution in [2.45, 2.75) is 291 Å². The van der Waals surface area contributed by atoms with Gasteiger partial charge in [0.1, 0.15) is 78.6 Å². The average molecular weight is 1090 g/mol. The molecule has 4 aliphatic rings. The van der Waals surface area contributed by atoms with Crippen molar-refractivity contribution in [2.75, 3.05) is 0 Å². The molecule has 11 nitrogen and oxygen atoms in total. The normalized spacial score (nSPS) is 20.2. The Kier molecular flexibility index (Phi) is 18.1. The minimum Gasteiger partial charge on any atom is -0.550 e. The van der Waals surface area contributed by atoms with Gasteiger partial charge in [-0.2, -0.15) is 0 Å². The number of carbonyl (C=O) groups is 1. The summed E-state index contributed by atoms with van der Waals surface area (Å²) >= 11 is 0. The molecule has 0 aromatic heterocycles. The molecule has 4 bridgehead atoms. The molecule has 0 radical (unpaired) electrons. The highest BCUT2D eigenvalue weighted by Crippen LogP contribution is 2.61. The van der Waals surface area contributed by atoms with Crippen LogP contribution in [0.2, 0.25) is 0 Å². The first-order chi connectivity index (χ1) is 34.4. The van der Waals surface area contributed by atoms with Gasteiger partial charge in [0.05, 0.1) is 0 Å². The maximum Gasteiger partial charge on any atom is 0.250 e. The Morgan fingerprint density at radius 2 is 0.519 bits per heavy atom. The van der Waals surface area contributed by atoms with E-state index in [1.54, 1.807) is 0 Å². The highest BCUT2D eigenvalue weighted by atomic mass is 32.2. The Hall–Kier alpha value is -4.32. The number of hydrogen-bond acceptors (Lipinski definition) is 11. The molecule has 0 N–H and O–H groups in total. The van der Waals surface area contributed by atoms with Crippen molar-refractivity contribution in [1.29, 1.82) is 0 Å². The molecular weight excluding hydrogens is 989 g/mol. The van der Waals surface area contributed by atoms with Crippen LogP contribution in [0.3, 0.4) is 0 Å². The van der Waals surface area contributed by atoms with E-state index in [0.717, 1.165) is 33.9 Å². The quantitative estimate of drug-likeness (QED) is 0.152. The van der Waals surface area contributed by atoms with Crippen LogP contribution in [-0.2, 0) is 15.7 Å². The first-order valence-corrected chi connectivity index (χ1v) is 29.4. The van der Waals surface area contributed by atoms with Gasteiger partial charge in [-0.25, -0.2) is 0 Å². The van der Waals surface area contributed by atoms with E-state index in [2.05, 4.69) is 0 Å². The van der Waals surface area contributed by atoms with Gasteiger partial charge < -0.3 is 52.5 Å². The fourth-order valence-corrected chi connectivity index (χ4v) is 13.0. The van der Waals surface area contributed by atoms with Gasteiger partial charge in [0, 0.05) is 47.8 Å². The lowest BCUT2D eigenvalue weighted by atomic mass is 9.49. The number of rotatable bonds is 13. The number of benzene rings is 3. The van der Waals surface area contributed by atoms with Gasteiger partial charge >= 0.3 is 0 Å². The van der Waals surface area contributed by atoms with Crippen LogP contribution in [0.1, 0.15) is 225 Å². The molecule has 0 saturated heterocycles. The summed E-state index contributed by atoms with van der Waals surface area (Å²) in [5.74, 6) is 6.46. The summed E-state index contributed by atoms with van der Waals surface area (Å²) in [6.45, 7) is 55.0. The zero-order valence-corrected chi connectivity index (χ0v) is 53.7. The number of ether oxygens (including phenoxy) is 9. The Morgan fingerprint density at radius 1 is 0.351 bits per heavy atom. The molecule has 7 rings (SSSR count). The van der Waals surface area contributed by atoms with Gasteiger partial charge in [-0.05, 0) is 243 Å². The van der Waals surface area contributed by atoms with Crippen LogP contribution < -0.4 is 47.7 Å². The third-order valence-electron chi connectivity index (χ3n) is 11.8. The predicted molar refractivity (Wildman–Crippen MR) is 311 cm³/mol. The standard InChI is InChI=1S/C54H87O9S.C11H16O2/c1-46(2,3)55-34-28-37(58-49(10,11)12)43(38(29-34)59-50(13,14)15)64(44-39(60-51(16,17)18)30-35(56-47(4,5)6)31-40(44)61-52(19,20)21)45-41(62-53(22,23)24)32-36(57-48(7,8)9)33-42(45)63-54(25,26)27;12-10(13)11-4-7-1-8(5-11)3-9(2-7)6-11/h28-33H,1-27H3;7-9H,1-6H2,(H,12,13)/q+1;/p-1. The van der Waals surface area contributed by atoms with Gasteiger partial charge in [-0.3, -0.25) is 0 Å². The fraction of sp³-hybridized carbons (Fsp3) is 0.708. The summed E-state index contributed by atoms with van der Waals surface area (Å²) in [6, 6.07) is 11.8. The van der Waals surface area contributed by atoms with Crippen LogP contribution in [-0.4, -0.2) is 56.4 Å². The molecular formula is C65H102O11S. The molecule has 0 amide bonds. The highest BCUT2D eigenvalue weighted by Gasteiger charge is 2.52. The summed E-state index contributed by atoms with van der Waals surface area (Å²) < 4.78 is 62.8. The Balaban J connectivity index is 0.000000717. The Bertz CT molecular complexity index is 2150. The molecule has 0 heterocycles. The first kappa shape index (κ1) is 63.5. The van der Waals surface area contributed by atoms with Crippen molar-refractivity contribution in [2.24, 2.45) is 23.2 Å². The number of carbonyl (C=O) groups excluding carboxylic acids is 1. The second-order valence-electron chi connectivity index (χ2n) is 31.0. The van der Waals surface area contributed by atoms with Crippen molar-refractivity contribution in [3.8, 4) is 51.7 Å². The smallest absolute Gasteiger partial charge is 0.250 e. The van der Waals surface area contributed by atoms with Gasteiger partial charge in [0.2, 0.25) is 0 Å². The number of hydrogen-bond donors (Lipinski definition) is 0. The summed E-state index contributed by atoms with van der Waals surface area (Å²) in [6.07, 6.45) is 6.65. The highest BCUT2D eigenvalue weighted by molar-refractivity contribution is 7.97. The summed E-state index contributed by atoms with van der Waals surface area (Å²) in [7, 11) is -1.30. The van der Waals surface area contributed by atoms with E-state index in [9.17, 15) is 9.90 Å². The zero-order valence-electron chi connectivity index (χ0n) is 52.8. The minimum atomic E-state index is -1.30. The lowest BCUT2D eigenvalue weighted by Crippen LogP contribution is -2.54. The fourth-order valence-electron chi connectivity index (χ4n) is 10.6. The molecule has 4 aliphatic carbocycles. The SMILES string of the molecule is CC(C)(C)Oc1cc(OC(C)(C)C)c([S+](c2c(OC(C)(C)C)cc(OC(C)(C)C)cc2OC(C)(C)C)c2c(OC(C)(C)C)cc(OC(C)(C)C)cc2OC(C)(C)C)c(OC(C)(C)C)c1.O=C([O-])C12CC3CC(CC(C3)C1)C2. The lowest BCUT2D eigenvalue weighted by Gasteiger charge is -2.57. The largest absolute Gasteiger partial charge is 0.550 e. The molecule has 4 saturated carbocycles. The van der Waals surface area contributed by atoms with E-state index in [-0.39, 0.29) is 0 Å². The molecule has 0 spiro atoms. The summed E-state index contributed by atoms with van der Waals surface area (Å²) in [5, 5.41) is 11.1. The maximum atomic E-state index is 11.1. The van der Waals surface area contributed by atoms with Crippen LogP contribution in [0.25, 0.3) is 0 Å². The molecule has 0 unspecified atom stereocenters. The van der Waals surface area contributed by atoms with Crippen LogP contribution in [0.15, 0.2) is 51.1 Å². The van der Waals surface area contributed by atoms with E-state index >= 15 is 0 Å². The number of aliphatic carboxylic acids is 1. The average Bonchev–Trinajstić information content (AvgIpc) is 3.11. The van der Waals surface area contributed by atoms with Crippen LogP contribution >= 0.6 is 0 Å². The van der Waals surface area contributed by atoms with Crippen LogP contribution in [0.4, 0.5) is 0 Å². The molecule has 434 valence electrons. The zero-order chi connectivity index (χ0) is 58.7. The van der Waals surface area contributed by atoms with Crippen LogP contribution in [0.5, 0.6) is 51.7 Å². The van der Waals surface area contributed by atoms with Gasteiger partial charge in [-0.1, -0.05) is 0 Å². The van der Waals surface area contributed by atoms with Crippen LogP contribution in [0, 0.1) is 23.2 Å². The van der Waals surface area contributed by atoms with E-state index < -0.39 is 72.7 Å². The van der Waals surface area contributed by atoms with Crippen molar-refractivity contribution in [3.05, 3.63) is 36.4 Å². The van der Waals surface area contributed by atoms with Crippen molar-refractivity contribution >= 4 is 16.9 Å². The third-order valence-corrected chi connectivity index (χ3v) is 14.3. The Labute approximate surface area is 469 Å². The predicted octanol–water partition coefficient (Wildman–Crippen LogP) is 16.3. The van der Waals surface area contributed by atoms with Crippen molar-refractivity contribution < 1.29 is 52.5 Å². The minimum absolute atomic E-state index is 0.394. The summed E-state index contributed by atoms with van der Waals surface area (Å²) in [5.41, 5.74) is -5.97. The van der Waals surface area contributed by atoms with Gasteiger partial charge in [0.25, 0.3) is 14.7 Å². The second-order valence-corrected chi connectivity index (χ2v) is 32.8. The lowest BCUT2D eigenvalue weighted by molar-refractivity contribution is -0.327. The number of carboxylic acid groups (broad SMARTS) is 1. The molecule has 0 atom stereocenters. The second kappa shape index (κ2) is 22.0. The van der Waals surface area contributed by atoms with Gasteiger partial charge in [-0.15, -0.1) is 0 Å². The van der Waals surface area contributed by atoms with Gasteiger partial charge in [0.15, 0.2) is 34.5 Å². The monoisotopic (exact) mass is 1090 g/mol. The Morgan fingerprint density at radius 3 is 0.662 bits per heavy atom. The third kappa shape index (κ3) is 19.5. The topological polar surface area (TPSA) is 123 Å². The number of carboxylic acids is 1. The molecule has 0 aliphatic heterocycles. The van der Waals surface area contributed by atoms with E-state index in [0.29, 0.717) is 69.5 Å². The van der Waals surface area contributed by atoms with E-state index in [4.69, 9.17) is 42.6 Å². The van der Waals surface area contributed by atoms with Crippen molar-refractivity contribution in [3.63, 3.8) is 0 Å². The van der Waals surface area contributed by atoms with E-state index in [1.165, 1.54) is 19.3 Å². The first-order valence-electron chi connectivity index (χ1n) is 28.1. The maximum absolute atomic E-state index is 11.1. The van der Waals surface area contributed by atoms with E-state index in [1.807, 2.05) is 223 Å². The van der Waals surface area contributed by atoms with Crippen molar-refractivity contribution in [1.82, 2.24) is 0 Å². The summed E-state index contributed by atoms with van der Waals surface area (Å²) in [4.78, 5) is 13.3. The molecule has 77 heavy (non-hydrogen) atoms. The molecule has 3 aromatic rings. The molecule has 4 fully saturated rings. The molecule has 3 aromatic carbocycles.